The summed E-state index contributed by atoms with van der Waals surface area (Å²) in [6.45, 7) is 2.56. The van der Waals surface area contributed by atoms with Crippen molar-refractivity contribution in [3.8, 4) is 0 Å². The van der Waals surface area contributed by atoms with Crippen molar-refractivity contribution in [2.45, 2.75) is 12.8 Å². The quantitative estimate of drug-likeness (QED) is 0.253. The van der Waals surface area contributed by atoms with Crippen molar-refractivity contribution < 1.29 is 16.9 Å². The fraction of sp³-hybridized carbons (Fsp3) is 1.00. The molecule has 0 radical (unpaired) electrons. The van der Waals surface area contributed by atoms with Crippen LogP contribution < -0.4 is 12.4 Å². The highest BCUT2D eigenvalue weighted by atomic mass is 35.5. The Labute approximate surface area is 68.0 Å². The molecule has 0 N–H and O–H groups in total. The van der Waals surface area contributed by atoms with Gasteiger partial charge in [-0.2, -0.15) is 0 Å². The number of alkyl halides is 1. The van der Waals surface area contributed by atoms with Crippen LogP contribution in [0.1, 0.15) is 12.8 Å². The predicted octanol–water partition coefficient (Wildman–Crippen LogP) is -1.57. The van der Waals surface area contributed by atoms with E-state index >= 15 is 0 Å². The van der Waals surface area contributed by atoms with Gasteiger partial charge >= 0.3 is 0 Å². The van der Waals surface area contributed by atoms with Gasteiger partial charge in [0.15, 0.2) is 6.00 Å². The molecule has 0 atom stereocenters. The summed E-state index contributed by atoms with van der Waals surface area (Å²) in [7, 11) is 2.22. The number of hydrogen-bond donors (Lipinski definition) is 0. The monoisotopic (exact) mass is 169 g/mol. The molecular formula is C6H13Cl2N. The maximum Gasteiger partial charge on any atom is 0.154 e. The van der Waals surface area contributed by atoms with Crippen LogP contribution in [0.15, 0.2) is 0 Å². The number of hydrogen-bond acceptors (Lipinski definition) is 0. The average molecular weight is 170 g/mol. The van der Waals surface area contributed by atoms with Gasteiger partial charge in [-0.15, -0.1) is 0 Å². The molecule has 0 unspecified atom stereocenters. The molecule has 0 aliphatic carbocycles. The molecule has 1 nitrogen and oxygen atoms in total. The van der Waals surface area contributed by atoms with E-state index in [1.165, 1.54) is 25.9 Å². The first-order chi connectivity index (χ1) is 3.77. The summed E-state index contributed by atoms with van der Waals surface area (Å²) in [4.78, 5) is 0. The summed E-state index contributed by atoms with van der Waals surface area (Å²) >= 11 is 5.72. The molecular weight excluding hydrogens is 157 g/mol. The molecule has 3 heteroatoms. The van der Waals surface area contributed by atoms with Crippen molar-refractivity contribution >= 4 is 11.6 Å². The van der Waals surface area contributed by atoms with Crippen LogP contribution in [-0.4, -0.2) is 30.6 Å². The number of quaternary nitrogens is 1. The fourth-order valence-corrected chi connectivity index (χ4v) is 1.46. The largest absolute Gasteiger partial charge is 1.00 e. The predicted molar refractivity (Wildman–Crippen MR) is 35.9 cm³/mol. The van der Waals surface area contributed by atoms with E-state index in [1.807, 2.05) is 0 Å². The highest BCUT2D eigenvalue weighted by Gasteiger charge is 2.24. The van der Waals surface area contributed by atoms with Gasteiger partial charge < -0.3 is 16.9 Å². The molecule has 1 fully saturated rings. The van der Waals surface area contributed by atoms with E-state index in [0.29, 0.717) is 0 Å². The molecule has 1 aliphatic heterocycles. The molecule has 0 bridgehead atoms. The first-order valence-corrected chi connectivity index (χ1v) is 3.70. The van der Waals surface area contributed by atoms with Crippen molar-refractivity contribution in [1.82, 2.24) is 0 Å². The lowest BCUT2D eigenvalue weighted by Gasteiger charge is -2.25. The zero-order valence-corrected chi connectivity index (χ0v) is 7.25. The molecule has 0 aromatic carbocycles. The van der Waals surface area contributed by atoms with Gasteiger partial charge in [-0.1, -0.05) is 11.6 Å². The van der Waals surface area contributed by atoms with Crippen LogP contribution in [0.25, 0.3) is 0 Å². The van der Waals surface area contributed by atoms with Gasteiger partial charge in [0.2, 0.25) is 0 Å². The molecule has 1 rings (SSSR count). The van der Waals surface area contributed by atoms with Gasteiger partial charge in [-0.25, -0.2) is 0 Å². The van der Waals surface area contributed by atoms with E-state index in [1.54, 1.807) is 0 Å². The minimum atomic E-state index is 0. The first kappa shape index (κ1) is 9.54. The number of rotatable bonds is 1. The Morgan fingerprint density at radius 1 is 1.33 bits per heavy atom. The Kier molecular flexibility index (Phi) is 3.86. The maximum absolute atomic E-state index is 5.72. The van der Waals surface area contributed by atoms with Gasteiger partial charge in [0.05, 0.1) is 20.1 Å². The zero-order valence-electron chi connectivity index (χ0n) is 5.74. The lowest BCUT2D eigenvalue weighted by Crippen LogP contribution is -3.00. The minimum absolute atomic E-state index is 0. The summed E-state index contributed by atoms with van der Waals surface area (Å²) in [5, 5.41) is 0. The third-order valence-electron chi connectivity index (χ3n) is 1.93. The molecule has 1 heterocycles. The molecule has 0 amide bonds. The third-order valence-corrected chi connectivity index (χ3v) is 2.51. The molecule has 1 aliphatic rings. The normalized spacial score (nSPS) is 23.3. The van der Waals surface area contributed by atoms with Gasteiger partial charge in [-0.05, 0) is 0 Å². The van der Waals surface area contributed by atoms with Gasteiger partial charge in [0.25, 0.3) is 0 Å². The molecule has 0 aromatic heterocycles. The van der Waals surface area contributed by atoms with Crippen LogP contribution in [-0.2, 0) is 0 Å². The Morgan fingerprint density at radius 2 is 1.78 bits per heavy atom. The Morgan fingerprint density at radius 3 is 2.00 bits per heavy atom. The van der Waals surface area contributed by atoms with Gasteiger partial charge in [0.1, 0.15) is 0 Å². The topological polar surface area (TPSA) is 0 Å². The lowest BCUT2D eigenvalue weighted by molar-refractivity contribution is -0.886. The van der Waals surface area contributed by atoms with E-state index in [0.717, 1.165) is 10.5 Å². The van der Waals surface area contributed by atoms with Gasteiger partial charge in [-0.3, -0.25) is 0 Å². The average Bonchev–Trinajstić information content (AvgIpc) is 2.17. The van der Waals surface area contributed by atoms with Crippen LogP contribution >= 0.6 is 11.6 Å². The number of likely N-dealkylation sites (tertiary alicyclic amines) is 1. The fourth-order valence-electron chi connectivity index (χ4n) is 1.22. The minimum Gasteiger partial charge on any atom is -1.00 e. The van der Waals surface area contributed by atoms with Crippen molar-refractivity contribution in [3.63, 3.8) is 0 Å². The Balaban J connectivity index is 0.000000640. The van der Waals surface area contributed by atoms with Crippen molar-refractivity contribution in [1.29, 1.82) is 0 Å². The van der Waals surface area contributed by atoms with Crippen LogP contribution in [0.2, 0.25) is 0 Å². The van der Waals surface area contributed by atoms with Crippen LogP contribution in [0, 0.1) is 0 Å². The highest BCUT2D eigenvalue weighted by Crippen LogP contribution is 2.16. The van der Waals surface area contributed by atoms with E-state index in [4.69, 9.17) is 11.6 Å². The second kappa shape index (κ2) is 3.65. The molecule has 1 saturated heterocycles. The molecule has 0 aromatic rings. The number of halogens is 2. The summed E-state index contributed by atoms with van der Waals surface area (Å²) in [6.07, 6.45) is 2.73. The Bertz CT molecular complexity index is 79.1. The SMILES string of the molecule is C[N+]1(CCl)CCCC1.[Cl-]. The van der Waals surface area contributed by atoms with E-state index in [9.17, 15) is 0 Å². The van der Waals surface area contributed by atoms with Crippen LogP contribution in [0.4, 0.5) is 0 Å². The standard InChI is InChI=1S/C6H13ClN.ClH/c1-8(6-7)4-2-3-5-8;/h2-6H2,1H3;1H/q+1;/p-1. The summed E-state index contributed by atoms with van der Waals surface area (Å²) < 4.78 is 1.08. The molecule has 0 saturated carbocycles. The van der Waals surface area contributed by atoms with Crippen LogP contribution in [0.3, 0.4) is 0 Å². The van der Waals surface area contributed by atoms with E-state index in [2.05, 4.69) is 7.05 Å². The Hall–Kier alpha value is 0.540. The highest BCUT2D eigenvalue weighted by molar-refractivity contribution is 6.16. The van der Waals surface area contributed by atoms with E-state index in [-0.39, 0.29) is 12.4 Å². The molecule has 56 valence electrons. The lowest BCUT2D eigenvalue weighted by atomic mass is 10.4. The summed E-state index contributed by atoms with van der Waals surface area (Å²) in [6, 6.07) is 0.792. The molecule has 0 spiro atoms. The first-order valence-electron chi connectivity index (χ1n) is 3.16. The summed E-state index contributed by atoms with van der Waals surface area (Å²) in [5.41, 5.74) is 0. The smallest absolute Gasteiger partial charge is 0.154 e. The number of nitrogens with zero attached hydrogens (tertiary/aromatic N) is 1. The summed E-state index contributed by atoms with van der Waals surface area (Å²) in [5.74, 6) is 0. The van der Waals surface area contributed by atoms with E-state index < -0.39 is 0 Å². The second-order valence-electron chi connectivity index (χ2n) is 2.89. The van der Waals surface area contributed by atoms with Gasteiger partial charge in [0, 0.05) is 12.8 Å². The van der Waals surface area contributed by atoms with Crippen LogP contribution in [0.5, 0.6) is 0 Å². The molecule has 9 heavy (non-hydrogen) atoms. The third kappa shape index (κ3) is 2.32. The van der Waals surface area contributed by atoms with Crippen molar-refractivity contribution in [3.05, 3.63) is 0 Å². The zero-order chi connectivity index (χ0) is 6.04. The van der Waals surface area contributed by atoms with Crippen molar-refractivity contribution in [2.24, 2.45) is 0 Å². The second-order valence-corrected chi connectivity index (χ2v) is 3.13. The maximum atomic E-state index is 5.72. The van der Waals surface area contributed by atoms with Crippen molar-refractivity contribution in [2.75, 3.05) is 26.1 Å².